The van der Waals surface area contributed by atoms with Crippen molar-refractivity contribution < 1.29 is 19.8 Å². The van der Waals surface area contributed by atoms with Gasteiger partial charge in [-0.2, -0.15) is 0 Å². The maximum absolute atomic E-state index is 12.5. The first-order chi connectivity index (χ1) is 14.8. The molecule has 3 aromatic carbocycles. The summed E-state index contributed by atoms with van der Waals surface area (Å²) in [6.45, 7) is 0.288. The minimum Gasteiger partial charge on any atom is -0.504 e. The number of benzene rings is 3. The van der Waals surface area contributed by atoms with Gasteiger partial charge in [-0.1, -0.05) is 41.4 Å². The number of aromatic hydroxyl groups is 2. The van der Waals surface area contributed by atoms with E-state index in [4.69, 9.17) is 23.2 Å². The molecule has 0 aliphatic carbocycles. The second-order valence-electron chi connectivity index (χ2n) is 6.93. The molecule has 31 heavy (non-hydrogen) atoms. The van der Waals surface area contributed by atoms with E-state index in [1.54, 1.807) is 42.5 Å². The molecule has 4 N–H and O–H groups in total. The van der Waals surface area contributed by atoms with E-state index < -0.39 is 11.8 Å². The molecule has 0 saturated carbocycles. The molecule has 2 amide bonds. The zero-order valence-electron chi connectivity index (χ0n) is 15.9. The van der Waals surface area contributed by atoms with Gasteiger partial charge in [0.05, 0.1) is 5.57 Å². The third-order valence-corrected chi connectivity index (χ3v) is 5.41. The highest BCUT2D eigenvalue weighted by atomic mass is 35.5. The van der Waals surface area contributed by atoms with E-state index in [-0.39, 0.29) is 23.6 Å². The van der Waals surface area contributed by atoms with Gasteiger partial charge in [0, 0.05) is 39.5 Å². The van der Waals surface area contributed by atoms with Crippen molar-refractivity contribution in [1.82, 2.24) is 10.6 Å². The summed E-state index contributed by atoms with van der Waals surface area (Å²) in [7, 11) is 0. The van der Waals surface area contributed by atoms with Crippen LogP contribution in [0.3, 0.4) is 0 Å². The van der Waals surface area contributed by atoms with Gasteiger partial charge in [-0.25, -0.2) is 0 Å². The van der Waals surface area contributed by atoms with Gasteiger partial charge >= 0.3 is 0 Å². The van der Waals surface area contributed by atoms with Crippen LogP contribution in [-0.2, 0) is 11.3 Å². The number of imide groups is 1. The largest absolute Gasteiger partial charge is 0.504 e. The van der Waals surface area contributed by atoms with Crippen LogP contribution in [0.4, 0.5) is 0 Å². The molecule has 0 radical (unpaired) electrons. The van der Waals surface area contributed by atoms with E-state index in [9.17, 15) is 19.8 Å². The van der Waals surface area contributed by atoms with Crippen molar-refractivity contribution in [3.63, 3.8) is 0 Å². The highest BCUT2D eigenvalue weighted by Crippen LogP contribution is 2.34. The summed E-state index contributed by atoms with van der Waals surface area (Å²) in [4.78, 5) is 24.8. The monoisotopic (exact) mass is 454 g/mol. The number of phenolic OH excluding ortho intramolecular Hbond substituents is 2. The normalized spacial score (nSPS) is 14.3. The first-order valence-corrected chi connectivity index (χ1v) is 9.99. The van der Waals surface area contributed by atoms with Crippen LogP contribution in [0.5, 0.6) is 11.5 Å². The van der Waals surface area contributed by atoms with Gasteiger partial charge in [-0.05, 0) is 47.5 Å². The molecule has 0 aromatic heterocycles. The molecule has 0 spiro atoms. The average Bonchev–Trinajstić information content (AvgIpc) is 2.72. The minimum atomic E-state index is -0.530. The summed E-state index contributed by atoms with van der Waals surface area (Å²) < 4.78 is 0. The third kappa shape index (κ3) is 4.21. The molecule has 6 nitrogen and oxygen atoms in total. The number of hydrogen-bond acceptors (Lipinski definition) is 5. The van der Waals surface area contributed by atoms with Crippen molar-refractivity contribution >= 4 is 40.6 Å². The molecule has 0 saturated heterocycles. The van der Waals surface area contributed by atoms with Crippen LogP contribution in [0.15, 0.2) is 60.8 Å². The molecular weight excluding hydrogens is 439 g/mol. The van der Waals surface area contributed by atoms with E-state index >= 15 is 0 Å². The molecule has 4 rings (SSSR count). The number of nitrogens with one attached hydrogen (secondary N) is 2. The Hall–Kier alpha value is -3.48. The summed E-state index contributed by atoms with van der Waals surface area (Å²) in [6, 6.07) is 14.7. The summed E-state index contributed by atoms with van der Waals surface area (Å²) in [6.07, 6.45) is 1.51. The lowest BCUT2D eigenvalue weighted by Gasteiger charge is -2.20. The maximum Gasteiger partial charge on any atom is 0.260 e. The predicted molar refractivity (Wildman–Crippen MR) is 119 cm³/mol. The maximum atomic E-state index is 12.5. The first kappa shape index (κ1) is 20.8. The zero-order chi connectivity index (χ0) is 22.1. The van der Waals surface area contributed by atoms with Crippen LogP contribution in [0.1, 0.15) is 21.5 Å². The molecular formula is C23H16Cl2N2O4. The van der Waals surface area contributed by atoms with E-state index in [0.717, 1.165) is 11.1 Å². The fourth-order valence-electron chi connectivity index (χ4n) is 3.31. The van der Waals surface area contributed by atoms with Crippen LogP contribution in [0, 0.1) is 0 Å². The van der Waals surface area contributed by atoms with Crippen molar-refractivity contribution in [3.05, 3.63) is 87.5 Å². The highest BCUT2D eigenvalue weighted by Gasteiger charge is 2.27. The molecule has 3 aromatic rings. The number of rotatable bonds is 4. The molecule has 1 heterocycles. The number of amides is 2. The van der Waals surface area contributed by atoms with Crippen LogP contribution in [0.25, 0.3) is 16.7 Å². The number of carbonyl (C=O) groups excluding carboxylic acids is 2. The second kappa shape index (κ2) is 8.34. The van der Waals surface area contributed by atoms with Crippen LogP contribution < -0.4 is 10.6 Å². The SMILES string of the molecule is O=C1NC(=O)c2ccc(-c3ccc(Cl)cc3Cl)cc2/C1=C\NCc1ccc(O)c(O)c1. The van der Waals surface area contributed by atoms with Gasteiger partial charge < -0.3 is 15.5 Å². The molecule has 0 fully saturated rings. The summed E-state index contributed by atoms with van der Waals surface area (Å²) in [5, 5.41) is 25.3. The fourth-order valence-corrected chi connectivity index (χ4v) is 3.83. The number of halogens is 2. The van der Waals surface area contributed by atoms with Gasteiger partial charge in [0.25, 0.3) is 11.8 Å². The Bertz CT molecular complexity index is 1250. The van der Waals surface area contributed by atoms with E-state index in [2.05, 4.69) is 10.6 Å². The van der Waals surface area contributed by atoms with E-state index in [1.165, 1.54) is 18.3 Å². The molecule has 8 heteroatoms. The quantitative estimate of drug-likeness (QED) is 0.264. The average molecular weight is 455 g/mol. The second-order valence-corrected chi connectivity index (χ2v) is 7.77. The van der Waals surface area contributed by atoms with Crippen LogP contribution in [-0.4, -0.2) is 22.0 Å². The highest BCUT2D eigenvalue weighted by molar-refractivity contribution is 6.36. The number of phenols is 2. The standard InChI is InChI=1S/C23H16Cl2N2O4/c24-14-3-5-15(19(25)9-14)13-2-4-16-17(8-13)18(23(31)27-22(16)30)11-26-10-12-1-6-20(28)21(29)7-12/h1-9,11,26,28-29H,10H2,(H,27,30,31)/b18-11+. The molecule has 0 unspecified atom stereocenters. The fraction of sp³-hybridized carbons (Fsp3) is 0.0435. The number of fused-ring (bicyclic) bond motifs is 1. The Labute approximate surface area is 187 Å². The lowest BCUT2D eigenvalue weighted by molar-refractivity contribution is -0.114. The Morgan fingerprint density at radius 1 is 0.839 bits per heavy atom. The van der Waals surface area contributed by atoms with E-state index in [0.29, 0.717) is 26.7 Å². The Morgan fingerprint density at radius 3 is 2.35 bits per heavy atom. The summed E-state index contributed by atoms with van der Waals surface area (Å²) >= 11 is 12.3. The number of hydrogen-bond donors (Lipinski definition) is 4. The van der Waals surface area contributed by atoms with Gasteiger partial charge in [-0.15, -0.1) is 0 Å². The smallest absolute Gasteiger partial charge is 0.260 e. The van der Waals surface area contributed by atoms with Crippen LogP contribution >= 0.6 is 23.2 Å². The Morgan fingerprint density at radius 2 is 1.61 bits per heavy atom. The molecule has 0 bridgehead atoms. The summed E-state index contributed by atoms with van der Waals surface area (Å²) in [5.41, 5.74) is 3.27. The minimum absolute atomic E-state index is 0.213. The van der Waals surface area contributed by atoms with Gasteiger partial charge in [0.2, 0.25) is 0 Å². The van der Waals surface area contributed by atoms with Crippen molar-refractivity contribution in [2.75, 3.05) is 0 Å². The van der Waals surface area contributed by atoms with Crippen molar-refractivity contribution in [3.8, 4) is 22.6 Å². The number of carbonyl (C=O) groups is 2. The van der Waals surface area contributed by atoms with Crippen molar-refractivity contribution in [1.29, 1.82) is 0 Å². The first-order valence-electron chi connectivity index (χ1n) is 9.23. The van der Waals surface area contributed by atoms with Gasteiger partial charge in [0.1, 0.15) is 0 Å². The molecule has 1 aliphatic rings. The lowest BCUT2D eigenvalue weighted by Crippen LogP contribution is -2.37. The molecule has 0 atom stereocenters. The Balaban J connectivity index is 1.68. The lowest BCUT2D eigenvalue weighted by atomic mass is 9.91. The van der Waals surface area contributed by atoms with Crippen LogP contribution in [0.2, 0.25) is 10.0 Å². The third-order valence-electron chi connectivity index (χ3n) is 4.86. The topological polar surface area (TPSA) is 98.7 Å². The summed E-state index contributed by atoms with van der Waals surface area (Å²) in [5.74, 6) is -1.45. The van der Waals surface area contributed by atoms with Gasteiger partial charge in [-0.3, -0.25) is 14.9 Å². The van der Waals surface area contributed by atoms with E-state index in [1.807, 2.05) is 0 Å². The molecule has 156 valence electrons. The Kier molecular flexibility index (Phi) is 5.59. The zero-order valence-corrected chi connectivity index (χ0v) is 17.5. The molecule has 1 aliphatic heterocycles. The van der Waals surface area contributed by atoms with Gasteiger partial charge in [0.15, 0.2) is 11.5 Å². The van der Waals surface area contributed by atoms with Crippen molar-refractivity contribution in [2.24, 2.45) is 0 Å². The predicted octanol–water partition coefficient (Wildman–Crippen LogP) is 4.47. The van der Waals surface area contributed by atoms with Crippen molar-refractivity contribution in [2.45, 2.75) is 6.54 Å².